The van der Waals surface area contributed by atoms with E-state index in [2.05, 4.69) is 11.9 Å². The lowest BCUT2D eigenvalue weighted by molar-refractivity contribution is 0.165. The minimum absolute atomic E-state index is 0.0372. The third kappa shape index (κ3) is 3.12. The molecule has 0 heterocycles. The van der Waals surface area contributed by atoms with Crippen LogP contribution in [0.15, 0.2) is 12.2 Å². The Hall–Kier alpha value is -0.340. The van der Waals surface area contributed by atoms with Crippen LogP contribution in [-0.4, -0.2) is 23.8 Å². The first-order valence-corrected chi connectivity index (χ1v) is 5.19. The fourth-order valence-electron chi connectivity index (χ4n) is 1.98. The second kappa shape index (κ2) is 4.77. The van der Waals surface area contributed by atoms with Crippen molar-refractivity contribution in [3.63, 3.8) is 0 Å². The fraction of sp³-hybridized carbons (Fsp3) is 0.818. The third-order valence-electron chi connectivity index (χ3n) is 2.92. The second-order valence-corrected chi connectivity index (χ2v) is 4.28. The van der Waals surface area contributed by atoms with Crippen molar-refractivity contribution < 1.29 is 5.11 Å². The lowest BCUT2D eigenvalue weighted by atomic mass is 9.98. The molecule has 0 atom stereocenters. The summed E-state index contributed by atoms with van der Waals surface area (Å²) < 4.78 is 0. The van der Waals surface area contributed by atoms with Crippen molar-refractivity contribution in [2.75, 3.05) is 13.2 Å². The Labute approximate surface area is 81.0 Å². The Balaban J connectivity index is 2.27. The van der Waals surface area contributed by atoms with E-state index in [1.54, 1.807) is 0 Å². The van der Waals surface area contributed by atoms with E-state index >= 15 is 0 Å². The minimum atomic E-state index is 0.0372. The van der Waals surface area contributed by atoms with Crippen molar-refractivity contribution in [1.29, 1.82) is 0 Å². The van der Waals surface area contributed by atoms with Crippen LogP contribution in [0, 0.1) is 0 Å². The number of hydrogen-bond acceptors (Lipinski definition) is 2. The molecule has 1 saturated carbocycles. The van der Waals surface area contributed by atoms with E-state index in [1.165, 1.54) is 18.4 Å². The summed E-state index contributed by atoms with van der Waals surface area (Å²) in [5.41, 5.74) is 1.24. The molecule has 0 radical (unpaired) electrons. The number of nitrogens with one attached hydrogen (secondary N) is 1. The van der Waals surface area contributed by atoms with E-state index < -0.39 is 0 Å². The molecule has 1 aliphatic carbocycles. The van der Waals surface area contributed by atoms with Crippen molar-refractivity contribution in [2.24, 2.45) is 0 Å². The summed E-state index contributed by atoms with van der Waals surface area (Å²) in [7, 11) is 0. The zero-order valence-corrected chi connectivity index (χ0v) is 8.60. The number of rotatable bonds is 5. The van der Waals surface area contributed by atoms with Gasteiger partial charge in [0, 0.05) is 5.54 Å². The monoisotopic (exact) mass is 183 g/mol. The smallest absolute Gasteiger partial charge is 0.0613 e. The quantitative estimate of drug-likeness (QED) is 0.637. The summed E-state index contributed by atoms with van der Waals surface area (Å²) in [4.78, 5) is 0. The van der Waals surface area contributed by atoms with Crippen LogP contribution in [0.2, 0.25) is 0 Å². The minimum Gasteiger partial charge on any atom is -0.394 e. The van der Waals surface area contributed by atoms with Crippen LogP contribution >= 0.6 is 0 Å². The lowest BCUT2D eigenvalue weighted by Crippen LogP contribution is -2.46. The molecule has 0 aliphatic heterocycles. The SMILES string of the molecule is C=C(C)CCNC1(CO)CCCC1. The highest BCUT2D eigenvalue weighted by Crippen LogP contribution is 2.28. The zero-order valence-electron chi connectivity index (χ0n) is 8.60. The van der Waals surface area contributed by atoms with E-state index in [0.29, 0.717) is 0 Å². The Morgan fingerprint density at radius 2 is 2.08 bits per heavy atom. The summed E-state index contributed by atoms with van der Waals surface area (Å²) >= 11 is 0. The Morgan fingerprint density at radius 1 is 1.46 bits per heavy atom. The molecule has 0 aromatic rings. The highest BCUT2D eigenvalue weighted by atomic mass is 16.3. The Kier molecular flexibility index (Phi) is 3.94. The van der Waals surface area contributed by atoms with E-state index in [1.807, 2.05) is 6.92 Å². The predicted octanol–water partition coefficient (Wildman–Crippen LogP) is 1.85. The van der Waals surface area contributed by atoms with E-state index in [4.69, 9.17) is 0 Å². The number of aliphatic hydroxyl groups is 1. The molecule has 0 aromatic carbocycles. The van der Waals surface area contributed by atoms with Gasteiger partial charge in [-0.15, -0.1) is 6.58 Å². The number of aliphatic hydroxyl groups excluding tert-OH is 1. The lowest BCUT2D eigenvalue weighted by Gasteiger charge is -2.28. The maximum atomic E-state index is 9.30. The molecule has 0 aromatic heterocycles. The van der Waals surface area contributed by atoms with Gasteiger partial charge in [0.15, 0.2) is 0 Å². The summed E-state index contributed by atoms with van der Waals surface area (Å²) in [6, 6.07) is 0. The van der Waals surface area contributed by atoms with Crippen molar-refractivity contribution in [1.82, 2.24) is 5.32 Å². The summed E-state index contributed by atoms with van der Waals surface area (Å²) in [6.07, 6.45) is 5.77. The van der Waals surface area contributed by atoms with E-state index in [-0.39, 0.29) is 12.1 Å². The van der Waals surface area contributed by atoms with Gasteiger partial charge in [0.05, 0.1) is 6.61 Å². The first-order chi connectivity index (χ1) is 6.18. The normalized spacial score (nSPS) is 20.5. The maximum Gasteiger partial charge on any atom is 0.0613 e. The molecule has 2 nitrogen and oxygen atoms in total. The average molecular weight is 183 g/mol. The molecule has 1 fully saturated rings. The Morgan fingerprint density at radius 3 is 2.54 bits per heavy atom. The van der Waals surface area contributed by atoms with Crippen LogP contribution in [0.5, 0.6) is 0 Å². The first kappa shape index (κ1) is 10.7. The van der Waals surface area contributed by atoms with Crippen LogP contribution in [0.1, 0.15) is 39.0 Å². The molecular weight excluding hydrogens is 162 g/mol. The highest BCUT2D eigenvalue weighted by molar-refractivity contribution is 4.94. The summed E-state index contributed by atoms with van der Waals surface area (Å²) in [6.45, 7) is 7.14. The van der Waals surface area contributed by atoms with Crippen LogP contribution < -0.4 is 5.32 Å². The van der Waals surface area contributed by atoms with Gasteiger partial charge in [-0.05, 0) is 32.7 Å². The molecule has 2 heteroatoms. The van der Waals surface area contributed by atoms with Crippen molar-refractivity contribution >= 4 is 0 Å². The molecule has 76 valence electrons. The van der Waals surface area contributed by atoms with Gasteiger partial charge in [0.1, 0.15) is 0 Å². The van der Waals surface area contributed by atoms with Crippen LogP contribution in [0.25, 0.3) is 0 Å². The van der Waals surface area contributed by atoms with Gasteiger partial charge in [0.2, 0.25) is 0 Å². The third-order valence-corrected chi connectivity index (χ3v) is 2.92. The van der Waals surface area contributed by atoms with Crippen LogP contribution in [0.4, 0.5) is 0 Å². The molecule has 0 saturated heterocycles. The van der Waals surface area contributed by atoms with Gasteiger partial charge in [-0.1, -0.05) is 18.4 Å². The van der Waals surface area contributed by atoms with Gasteiger partial charge < -0.3 is 10.4 Å². The topological polar surface area (TPSA) is 32.3 Å². The molecule has 1 rings (SSSR count). The molecular formula is C11H21NO. The van der Waals surface area contributed by atoms with Crippen molar-refractivity contribution in [2.45, 2.75) is 44.6 Å². The van der Waals surface area contributed by atoms with Crippen LogP contribution in [-0.2, 0) is 0 Å². The van der Waals surface area contributed by atoms with Gasteiger partial charge in [0.25, 0.3) is 0 Å². The van der Waals surface area contributed by atoms with Gasteiger partial charge in [-0.2, -0.15) is 0 Å². The first-order valence-electron chi connectivity index (χ1n) is 5.19. The fourth-order valence-corrected chi connectivity index (χ4v) is 1.98. The summed E-state index contributed by atoms with van der Waals surface area (Å²) in [5, 5.41) is 12.8. The summed E-state index contributed by atoms with van der Waals surface area (Å²) in [5.74, 6) is 0. The molecule has 0 spiro atoms. The number of hydrogen-bond donors (Lipinski definition) is 2. The van der Waals surface area contributed by atoms with E-state index in [0.717, 1.165) is 25.8 Å². The van der Waals surface area contributed by atoms with Crippen molar-refractivity contribution in [3.05, 3.63) is 12.2 Å². The molecule has 0 unspecified atom stereocenters. The molecule has 2 N–H and O–H groups in total. The van der Waals surface area contributed by atoms with Crippen molar-refractivity contribution in [3.8, 4) is 0 Å². The molecule has 1 aliphatic rings. The molecule has 13 heavy (non-hydrogen) atoms. The zero-order chi connectivity index (χ0) is 9.73. The Bertz CT molecular complexity index is 171. The molecule has 0 bridgehead atoms. The van der Waals surface area contributed by atoms with Gasteiger partial charge in [-0.25, -0.2) is 0 Å². The highest BCUT2D eigenvalue weighted by Gasteiger charge is 2.31. The average Bonchev–Trinajstić information content (AvgIpc) is 2.53. The molecule has 0 amide bonds. The predicted molar refractivity (Wildman–Crippen MR) is 55.7 cm³/mol. The standard InChI is InChI=1S/C11H21NO/c1-10(2)5-8-12-11(9-13)6-3-4-7-11/h12-13H,1,3-9H2,2H3. The van der Waals surface area contributed by atoms with Gasteiger partial charge >= 0.3 is 0 Å². The van der Waals surface area contributed by atoms with E-state index in [9.17, 15) is 5.11 Å². The van der Waals surface area contributed by atoms with Gasteiger partial charge in [-0.3, -0.25) is 0 Å². The maximum absolute atomic E-state index is 9.30. The van der Waals surface area contributed by atoms with Crippen LogP contribution in [0.3, 0.4) is 0 Å². The largest absolute Gasteiger partial charge is 0.394 e. The second-order valence-electron chi connectivity index (χ2n) is 4.28.